The second kappa shape index (κ2) is 5.96. The fourth-order valence-corrected chi connectivity index (χ4v) is 2.25. The van der Waals surface area contributed by atoms with Gasteiger partial charge in [0.1, 0.15) is 6.04 Å². The first-order chi connectivity index (χ1) is 9.47. The van der Waals surface area contributed by atoms with Gasteiger partial charge in [0.05, 0.1) is 6.54 Å². The average Bonchev–Trinajstić information content (AvgIpc) is 2.82. The molecule has 1 aromatic carbocycles. The second-order valence-corrected chi connectivity index (χ2v) is 4.64. The van der Waals surface area contributed by atoms with Crippen molar-refractivity contribution in [3.05, 3.63) is 29.8 Å². The highest BCUT2D eigenvalue weighted by Crippen LogP contribution is 2.18. The third-order valence-electron chi connectivity index (χ3n) is 3.20. The largest absolute Gasteiger partial charge is 0.480 e. The molecule has 1 fully saturated rings. The molecule has 108 valence electrons. The van der Waals surface area contributed by atoms with Gasteiger partial charge in [-0.2, -0.15) is 0 Å². The van der Waals surface area contributed by atoms with E-state index >= 15 is 0 Å². The number of carbonyl (C=O) groups is 2. The minimum absolute atomic E-state index is 0.0873. The molecule has 2 rings (SSSR count). The van der Waals surface area contributed by atoms with Gasteiger partial charge in [-0.25, -0.2) is 8.78 Å². The van der Waals surface area contributed by atoms with Crippen LogP contribution in [0.25, 0.3) is 0 Å². The minimum Gasteiger partial charge on any atom is -0.480 e. The van der Waals surface area contributed by atoms with Gasteiger partial charge in [0.2, 0.25) is 5.91 Å². The molecule has 5 nitrogen and oxygen atoms in total. The molecule has 1 saturated heterocycles. The first-order valence-corrected chi connectivity index (χ1v) is 6.19. The van der Waals surface area contributed by atoms with Gasteiger partial charge in [-0.05, 0) is 31.5 Å². The number of carbonyl (C=O) groups excluding carboxylic acids is 1. The second-order valence-electron chi connectivity index (χ2n) is 4.64. The molecule has 1 heterocycles. The van der Waals surface area contributed by atoms with Crippen LogP contribution in [-0.2, 0) is 9.59 Å². The van der Waals surface area contributed by atoms with Crippen LogP contribution in [-0.4, -0.2) is 41.0 Å². The molecule has 1 aromatic rings. The Labute approximate surface area is 114 Å². The summed E-state index contributed by atoms with van der Waals surface area (Å²) in [6, 6.07) is 2.38. The highest BCUT2D eigenvalue weighted by atomic mass is 19.2. The lowest BCUT2D eigenvalue weighted by Gasteiger charge is -2.20. The topological polar surface area (TPSA) is 69.6 Å². The number of halogens is 2. The number of hydrogen-bond acceptors (Lipinski definition) is 3. The molecule has 0 spiro atoms. The number of benzene rings is 1. The van der Waals surface area contributed by atoms with Gasteiger partial charge in [-0.1, -0.05) is 0 Å². The highest BCUT2D eigenvalue weighted by Gasteiger charge is 2.31. The number of amides is 1. The van der Waals surface area contributed by atoms with Crippen molar-refractivity contribution < 1.29 is 23.5 Å². The van der Waals surface area contributed by atoms with E-state index in [1.807, 2.05) is 0 Å². The first kappa shape index (κ1) is 14.4. The highest BCUT2D eigenvalue weighted by molar-refractivity contribution is 5.92. The molecule has 0 aromatic heterocycles. The average molecular weight is 284 g/mol. The third-order valence-corrected chi connectivity index (χ3v) is 3.20. The summed E-state index contributed by atoms with van der Waals surface area (Å²) in [5.74, 6) is -3.45. The molecular weight excluding hydrogens is 270 g/mol. The van der Waals surface area contributed by atoms with Crippen LogP contribution in [0.15, 0.2) is 18.2 Å². The number of likely N-dealkylation sites (tertiary alicyclic amines) is 1. The molecule has 1 aliphatic rings. The molecule has 0 saturated carbocycles. The summed E-state index contributed by atoms with van der Waals surface area (Å²) < 4.78 is 25.7. The number of carboxylic acid groups (broad SMARTS) is 1. The Bertz CT molecular complexity index is 536. The molecule has 20 heavy (non-hydrogen) atoms. The van der Waals surface area contributed by atoms with Crippen LogP contribution >= 0.6 is 0 Å². The number of aliphatic carboxylic acids is 1. The molecule has 0 aliphatic carbocycles. The van der Waals surface area contributed by atoms with Gasteiger partial charge < -0.3 is 10.4 Å². The quantitative estimate of drug-likeness (QED) is 0.878. The van der Waals surface area contributed by atoms with E-state index < -0.39 is 29.6 Å². The summed E-state index contributed by atoms with van der Waals surface area (Å²) in [5.41, 5.74) is 0.139. The number of nitrogens with zero attached hydrogens (tertiary/aromatic N) is 1. The monoisotopic (exact) mass is 284 g/mol. The van der Waals surface area contributed by atoms with Gasteiger partial charge in [0.25, 0.3) is 0 Å². The smallest absolute Gasteiger partial charge is 0.320 e. The van der Waals surface area contributed by atoms with Crippen LogP contribution in [0.4, 0.5) is 14.5 Å². The molecule has 1 unspecified atom stereocenters. The standard InChI is InChI=1S/C13H14F2N2O3/c14-9-4-3-8(6-10(9)15)16-12(18)7-17-5-1-2-11(17)13(19)20/h3-4,6,11H,1-2,5,7H2,(H,16,18)(H,19,20). The Morgan fingerprint density at radius 1 is 1.35 bits per heavy atom. The van der Waals surface area contributed by atoms with E-state index in [1.165, 1.54) is 6.07 Å². The molecule has 1 atom stereocenters. The third kappa shape index (κ3) is 3.30. The Kier molecular flexibility index (Phi) is 4.29. The van der Waals surface area contributed by atoms with Crippen LogP contribution in [0.3, 0.4) is 0 Å². The van der Waals surface area contributed by atoms with Crippen molar-refractivity contribution in [1.29, 1.82) is 0 Å². The van der Waals surface area contributed by atoms with Crippen molar-refractivity contribution in [3.8, 4) is 0 Å². The van der Waals surface area contributed by atoms with Crippen molar-refractivity contribution in [3.63, 3.8) is 0 Å². The SMILES string of the molecule is O=C(CN1CCCC1C(=O)O)Nc1ccc(F)c(F)c1. The van der Waals surface area contributed by atoms with E-state index in [0.29, 0.717) is 13.0 Å². The maximum Gasteiger partial charge on any atom is 0.320 e. The van der Waals surface area contributed by atoms with Gasteiger partial charge in [-0.3, -0.25) is 14.5 Å². The Hall–Kier alpha value is -2.02. The van der Waals surface area contributed by atoms with Crippen LogP contribution in [0.2, 0.25) is 0 Å². The van der Waals surface area contributed by atoms with E-state index in [1.54, 1.807) is 4.90 Å². The zero-order chi connectivity index (χ0) is 14.7. The number of nitrogens with one attached hydrogen (secondary N) is 1. The number of anilines is 1. The van der Waals surface area contributed by atoms with E-state index in [2.05, 4.69) is 5.32 Å². The summed E-state index contributed by atoms with van der Waals surface area (Å²) in [7, 11) is 0. The summed E-state index contributed by atoms with van der Waals surface area (Å²) in [4.78, 5) is 24.3. The molecule has 7 heteroatoms. The number of hydrogen-bond donors (Lipinski definition) is 2. The normalized spacial score (nSPS) is 19.0. The van der Waals surface area contributed by atoms with Crippen LogP contribution in [0.5, 0.6) is 0 Å². The Morgan fingerprint density at radius 2 is 2.10 bits per heavy atom. The minimum atomic E-state index is -1.05. The fraction of sp³-hybridized carbons (Fsp3) is 0.385. The predicted molar refractivity (Wildman–Crippen MR) is 67.2 cm³/mol. The number of rotatable bonds is 4. The zero-order valence-electron chi connectivity index (χ0n) is 10.6. The van der Waals surface area contributed by atoms with Crippen molar-refractivity contribution in [2.24, 2.45) is 0 Å². The van der Waals surface area contributed by atoms with Crippen LogP contribution < -0.4 is 5.32 Å². The molecule has 0 radical (unpaired) electrons. The zero-order valence-corrected chi connectivity index (χ0v) is 10.6. The van der Waals surface area contributed by atoms with Crippen molar-refractivity contribution in [2.45, 2.75) is 18.9 Å². The lowest BCUT2D eigenvalue weighted by Crippen LogP contribution is -2.40. The lowest BCUT2D eigenvalue weighted by molar-refractivity contribution is -0.142. The predicted octanol–water partition coefficient (Wildman–Crippen LogP) is 1.45. The van der Waals surface area contributed by atoms with Crippen molar-refractivity contribution in [2.75, 3.05) is 18.4 Å². The van der Waals surface area contributed by atoms with Gasteiger partial charge in [0, 0.05) is 11.8 Å². The molecule has 1 amide bonds. The summed E-state index contributed by atoms with van der Waals surface area (Å²) in [5, 5.41) is 11.4. The maximum atomic E-state index is 13.0. The maximum absolute atomic E-state index is 13.0. The van der Waals surface area contributed by atoms with Crippen molar-refractivity contribution in [1.82, 2.24) is 4.90 Å². The van der Waals surface area contributed by atoms with Gasteiger partial charge in [0.15, 0.2) is 11.6 Å². The molecular formula is C13H14F2N2O3. The van der Waals surface area contributed by atoms with E-state index in [-0.39, 0.29) is 12.2 Å². The summed E-state index contributed by atoms with van der Waals surface area (Å²) >= 11 is 0. The molecule has 0 bridgehead atoms. The van der Waals surface area contributed by atoms with Crippen LogP contribution in [0.1, 0.15) is 12.8 Å². The molecule has 1 aliphatic heterocycles. The van der Waals surface area contributed by atoms with Crippen molar-refractivity contribution >= 4 is 17.6 Å². The Balaban J connectivity index is 1.95. The van der Waals surface area contributed by atoms with E-state index in [9.17, 15) is 18.4 Å². The number of carboxylic acids is 1. The lowest BCUT2D eigenvalue weighted by atomic mass is 10.2. The van der Waals surface area contributed by atoms with Crippen LogP contribution in [0, 0.1) is 11.6 Å². The van der Waals surface area contributed by atoms with E-state index in [4.69, 9.17) is 5.11 Å². The summed E-state index contributed by atoms with van der Waals surface area (Å²) in [6.07, 6.45) is 1.23. The van der Waals surface area contributed by atoms with E-state index in [0.717, 1.165) is 18.6 Å². The fourth-order valence-electron chi connectivity index (χ4n) is 2.25. The van der Waals surface area contributed by atoms with Gasteiger partial charge in [-0.15, -0.1) is 0 Å². The Morgan fingerprint density at radius 3 is 2.75 bits per heavy atom. The first-order valence-electron chi connectivity index (χ1n) is 6.19. The van der Waals surface area contributed by atoms with Gasteiger partial charge >= 0.3 is 5.97 Å². The molecule has 2 N–H and O–H groups in total. The summed E-state index contributed by atoms with van der Waals surface area (Å²) in [6.45, 7) is 0.443.